The van der Waals surface area contributed by atoms with Crippen molar-refractivity contribution in [3.05, 3.63) is 59.2 Å². The van der Waals surface area contributed by atoms with Crippen molar-refractivity contribution in [1.82, 2.24) is 5.32 Å². The van der Waals surface area contributed by atoms with Crippen LogP contribution in [0.25, 0.3) is 0 Å². The molecule has 2 amide bonds. The number of nitrogens with one attached hydrogen (secondary N) is 2. The number of rotatable bonds is 2. The maximum absolute atomic E-state index is 13.0. The van der Waals surface area contributed by atoms with Gasteiger partial charge in [-0.15, -0.1) is 0 Å². The highest BCUT2D eigenvalue weighted by molar-refractivity contribution is 6.08. The van der Waals surface area contributed by atoms with E-state index in [9.17, 15) is 9.59 Å². The summed E-state index contributed by atoms with van der Waals surface area (Å²) in [4.78, 5) is 25.8. The van der Waals surface area contributed by atoms with Crippen molar-refractivity contribution in [3.8, 4) is 5.75 Å². The molecule has 0 aromatic heterocycles. The molecular formula is C21H22N2O3. The molecule has 2 aliphatic heterocycles. The number of aryl methyl sites for hydroxylation is 2. The zero-order valence-corrected chi connectivity index (χ0v) is 15.1. The summed E-state index contributed by atoms with van der Waals surface area (Å²) in [6, 6.07) is 13.5. The largest absolute Gasteiger partial charge is 0.468 e. The molecule has 2 aliphatic rings. The number of carbonyl (C=O) groups excluding carboxylic acids is 2. The van der Waals surface area contributed by atoms with Crippen LogP contribution >= 0.6 is 0 Å². The number of hydrogen-bond acceptors (Lipinski definition) is 3. The SMILES string of the molecule is Cc1ccc(C)c(NC(=O)C2C(=O)NC3(C)CC2c2ccccc2O3)c1. The van der Waals surface area contributed by atoms with Gasteiger partial charge in [0.05, 0.1) is 0 Å². The van der Waals surface area contributed by atoms with E-state index >= 15 is 0 Å². The molecule has 0 saturated carbocycles. The number of benzene rings is 2. The Morgan fingerprint density at radius 2 is 2.00 bits per heavy atom. The number of ether oxygens (including phenoxy) is 1. The Hall–Kier alpha value is -2.82. The lowest BCUT2D eigenvalue weighted by Crippen LogP contribution is -2.62. The molecule has 0 spiro atoms. The summed E-state index contributed by atoms with van der Waals surface area (Å²) in [5.41, 5.74) is 2.92. The first-order valence-electron chi connectivity index (χ1n) is 8.84. The summed E-state index contributed by atoms with van der Waals surface area (Å²) < 4.78 is 5.98. The van der Waals surface area contributed by atoms with Crippen LogP contribution in [0.2, 0.25) is 0 Å². The first kappa shape index (κ1) is 16.6. The summed E-state index contributed by atoms with van der Waals surface area (Å²) in [7, 11) is 0. The Morgan fingerprint density at radius 1 is 1.23 bits per heavy atom. The van der Waals surface area contributed by atoms with Crippen molar-refractivity contribution in [3.63, 3.8) is 0 Å². The van der Waals surface area contributed by atoms with E-state index in [1.54, 1.807) is 0 Å². The second kappa shape index (κ2) is 5.87. The van der Waals surface area contributed by atoms with Gasteiger partial charge in [-0.1, -0.05) is 30.3 Å². The maximum atomic E-state index is 13.0. The van der Waals surface area contributed by atoms with Crippen molar-refractivity contribution in [2.75, 3.05) is 5.32 Å². The van der Waals surface area contributed by atoms with Gasteiger partial charge in [0.2, 0.25) is 11.8 Å². The number of piperidine rings is 1. The van der Waals surface area contributed by atoms with Crippen LogP contribution in [0.15, 0.2) is 42.5 Å². The molecule has 3 atom stereocenters. The summed E-state index contributed by atoms with van der Waals surface area (Å²) in [5.74, 6) is -0.825. The molecule has 2 bridgehead atoms. The highest BCUT2D eigenvalue weighted by Crippen LogP contribution is 2.46. The standard InChI is InChI=1S/C21H22N2O3/c1-12-8-9-13(2)16(10-12)22-19(24)18-15-11-21(3,23-20(18)25)26-17-7-5-4-6-14(15)17/h4-10,15,18H,11H2,1-3H3,(H,22,24)(H,23,25). The Labute approximate surface area is 152 Å². The van der Waals surface area contributed by atoms with Gasteiger partial charge in [0.25, 0.3) is 0 Å². The van der Waals surface area contributed by atoms with Gasteiger partial charge in [0.15, 0.2) is 5.72 Å². The van der Waals surface area contributed by atoms with Gasteiger partial charge in [-0.25, -0.2) is 0 Å². The molecule has 26 heavy (non-hydrogen) atoms. The quantitative estimate of drug-likeness (QED) is 0.817. The van der Waals surface area contributed by atoms with E-state index in [1.807, 2.05) is 63.2 Å². The molecular weight excluding hydrogens is 328 g/mol. The second-order valence-electron chi connectivity index (χ2n) is 7.46. The average molecular weight is 350 g/mol. The van der Waals surface area contributed by atoms with Crippen LogP contribution in [0.1, 0.15) is 36.0 Å². The minimum atomic E-state index is -0.784. The molecule has 1 saturated heterocycles. The van der Waals surface area contributed by atoms with Crippen molar-refractivity contribution in [2.24, 2.45) is 5.92 Å². The Balaban J connectivity index is 1.69. The molecule has 4 rings (SSSR count). The van der Waals surface area contributed by atoms with E-state index in [4.69, 9.17) is 4.74 Å². The zero-order valence-electron chi connectivity index (χ0n) is 15.1. The monoisotopic (exact) mass is 350 g/mol. The van der Waals surface area contributed by atoms with Crippen molar-refractivity contribution in [2.45, 2.75) is 38.8 Å². The number of anilines is 1. The van der Waals surface area contributed by atoms with Crippen LogP contribution in [-0.4, -0.2) is 17.5 Å². The summed E-state index contributed by atoms with van der Waals surface area (Å²) in [6.45, 7) is 5.77. The van der Waals surface area contributed by atoms with Gasteiger partial charge in [-0.05, 0) is 49.6 Å². The van der Waals surface area contributed by atoms with Gasteiger partial charge in [-0.2, -0.15) is 0 Å². The fourth-order valence-corrected chi connectivity index (χ4v) is 3.97. The van der Waals surface area contributed by atoms with E-state index in [2.05, 4.69) is 10.6 Å². The topological polar surface area (TPSA) is 67.4 Å². The predicted octanol–water partition coefficient (Wildman–Crippen LogP) is 3.27. The highest BCUT2D eigenvalue weighted by Gasteiger charge is 2.51. The Morgan fingerprint density at radius 3 is 2.81 bits per heavy atom. The van der Waals surface area contributed by atoms with Gasteiger partial charge in [0, 0.05) is 18.0 Å². The zero-order chi connectivity index (χ0) is 18.5. The van der Waals surface area contributed by atoms with E-state index in [-0.39, 0.29) is 17.7 Å². The molecule has 2 N–H and O–H groups in total. The molecule has 0 aliphatic carbocycles. The molecule has 0 radical (unpaired) electrons. The van der Waals surface area contributed by atoms with Gasteiger partial charge >= 0.3 is 0 Å². The van der Waals surface area contributed by atoms with Crippen molar-refractivity contribution >= 4 is 17.5 Å². The fraction of sp³-hybridized carbons (Fsp3) is 0.333. The predicted molar refractivity (Wildman–Crippen MR) is 99.0 cm³/mol. The van der Waals surface area contributed by atoms with Crippen LogP contribution in [-0.2, 0) is 9.59 Å². The molecule has 3 unspecified atom stereocenters. The summed E-state index contributed by atoms with van der Waals surface area (Å²) in [5, 5.41) is 5.84. The van der Waals surface area contributed by atoms with Crippen LogP contribution in [0.4, 0.5) is 5.69 Å². The first-order chi connectivity index (χ1) is 12.4. The van der Waals surface area contributed by atoms with Crippen LogP contribution in [0.3, 0.4) is 0 Å². The van der Waals surface area contributed by atoms with Crippen LogP contribution in [0, 0.1) is 19.8 Å². The summed E-state index contributed by atoms with van der Waals surface area (Å²) >= 11 is 0. The molecule has 2 aromatic rings. The highest BCUT2D eigenvalue weighted by atomic mass is 16.5. The third kappa shape index (κ3) is 2.73. The Kier molecular flexibility index (Phi) is 3.75. The van der Waals surface area contributed by atoms with Crippen LogP contribution in [0.5, 0.6) is 5.75 Å². The van der Waals surface area contributed by atoms with Crippen molar-refractivity contribution < 1.29 is 14.3 Å². The lowest BCUT2D eigenvalue weighted by Gasteiger charge is -2.46. The molecule has 5 heteroatoms. The average Bonchev–Trinajstić information content (AvgIpc) is 2.57. The van der Waals surface area contributed by atoms with Crippen LogP contribution < -0.4 is 15.4 Å². The Bertz CT molecular complexity index is 908. The molecule has 5 nitrogen and oxygen atoms in total. The molecule has 134 valence electrons. The van der Waals surface area contributed by atoms with Gasteiger partial charge in [-0.3, -0.25) is 9.59 Å². The first-order valence-corrected chi connectivity index (χ1v) is 8.84. The minimum Gasteiger partial charge on any atom is -0.468 e. The molecule has 1 fully saturated rings. The third-order valence-corrected chi connectivity index (χ3v) is 5.27. The third-order valence-electron chi connectivity index (χ3n) is 5.27. The number of fused-ring (bicyclic) bond motifs is 4. The number of carbonyl (C=O) groups is 2. The lowest BCUT2D eigenvalue weighted by atomic mass is 9.74. The normalized spacial score (nSPS) is 26.3. The number of hydrogen-bond donors (Lipinski definition) is 2. The van der Waals surface area contributed by atoms with E-state index in [0.717, 1.165) is 28.1 Å². The maximum Gasteiger partial charge on any atom is 0.237 e. The molecule has 2 heterocycles. The lowest BCUT2D eigenvalue weighted by molar-refractivity contribution is -0.145. The van der Waals surface area contributed by atoms with Gasteiger partial charge < -0.3 is 15.4 Å². The smallest absolute Gasteiger partial charge is 0.237 e. The number of amides is 2. The van der Waals surface area contributed by atoms with Crippen molar-refractivity contribution in [1.29, 1.82) is 0 Å². The molecule has 2 aromatic carbocycles. The van der Waals surface area contributed by atoms with E-state index in [0.29, 0.717) is 6.42 Å². The second-order valence-corrected chi connectivity index (χ2v) is 7.46. The summed E-state index contributed by atoms with van der Waals surface area (Å²) in [6.07, 6.45) is 0.570. The van der Waals surface area contributed by atoms with E-state index in [1.165, 1.54) is 0 Å². The minimum absolute atomic E-state index is 0.205. The van der Waals surface area contributed by atoms with E-state index < -0.39 is 11.6 Å². The number of para-hydroxylation sites is 1. The fourth-order valence-electron chi connectivity index (χ4n) is 3.97. The van der Waals surface area contributed by atoms with Gasteiger partial charge in [0.1, 0.15) is 11.7 Å².